The molecule has 1 aromatic carbocycles. The minimum Gasteiger partial charge on any atom is -0.507 e. The number of phenols is 1. The van der Waals surface area contributed by atoms with Crippen LogP contribution in [-0.4, -0.2) is 42.4 Å². The summed E-state index contributed by atoms with van der Waals surface area (Å²) < 4.78 is 15.6. The van der Waals surface area contributed by atoms with Crippen LogP contribution in [0.2, 0.25) is 0 Å². The van der Waals surface area contributed by atoms with Crippen LogP contribution in [0.15, 0.2) is 12.1 Å². The first kappa shape index (κ1) is 12.5. The third kappa shape index (κ3) is 2.60. The van der Waals surface area contributed by atoms with E-state index in [-0.39, 0.29) is 12.5 Å². The zero-order valence-electron chi connectivity index (χ0n) is 10.5. The molecule has 0 radical (unpaired) electrons. The van der Waals surface area contributed by atoms with Gasteiger partial charge in [-0.1, -0.05) is 0 Å². The Labute approximate surface area is 110 Å². The second-order valence-corrected chi connectivity index (χ2v) is 4.96. The molecule has 1 saturated heterocycles. The van der Waals surface area contributed by atoms with Crippen LogP contribution >= 0.6 is 0 Å². The van der Waals surface area contributed by atoms with Gasteiger partial charge in [-0.3, -0.25) is 0 Å². The number of rotatable bonds is 4. The highest BCUT2D eigenvalue weighted by atomic mass is 16.7. The van der Waals surface area contributed by atoms with E-state index >= 15 is 0 Å². The van der Waals surface area contributed by atoms with Gasteiger partial charge in [-0.05, 0) is 6.07 Å². The average molecular weight is 267 g/mol. The predicted molar refractivity (Wildman–Crippen MR) is 66.3 cm³/mol. The van der Waals surface area contributed by atoms with E-state index in [0.29, 0.717) is 49.8 Å². The van der Waals surface area contributed by atoms with Gasteiger partial charge in [0, 0.05) is 37.7 Å². The Bertz CT molecular complexity index is 470. The van der Waals surface area contributed by atoms with E-state index in [2.05, 4.69) is 5.32 Å². The molecular weight excluding hydrogens is 250 g/mol. The van der Waals surface area contributed by atoms with Gasteiger partial charge >= 0.3 is 0 Å². The van der Waals surface area contributed by atoms with Crippen molar-refractivity contribution >= 4 is 0 Å². The number of ether oxygens (including phenoxy) is 3. The van der Waals surface area contributed by atoms with Crippen molar-refractivity contribution in [2.45, 2.75) is 18.6 Å². The Balaban J connectivity index is 1.61. The minimum absolute atomic E-state index is 0.159. The van der Waals surface area contributed by atoms with Crippen LogP contribution < -0.4 is 14.8 Å². The maximum atomic E-state index is 10.1. The van der Waals surface area contributed by atoms with Gasteiger partial charge < -0.3 is 29.7 Å². The summed E-state index contributed by atoms with van der Waals surface area (Å²) in [5.41, 5.74) is -0.0850. The molecule has 0 spiro atoms. The number of fused-ring (bicyclic) bond motifs is 1. The number of phenolic OH excluding ortho intramolecular Hbond substituents is 1. The van der Waals surface area contributed by atoms with Crippen LogP contribution in [0.1, 0.15) is 12.0 Å². The molecule has 0 bridgehead atoms. The Kier molecular flexibility index (Phi) is 3.22. The second-order valence-electron chi connectivity index (χ2n) is 4.96. The Morgan fingerprint density at radius 3 is 2.79 bits per heavy atom. The van der Waals surface area contributed by atoms with Crippen molar-refractivity contribution < 1.29 is 24.4 Å². The molecule has 1 aromatic rings. The zero-order valence-corrected chi connectivity index (χ0v) is 10.5. The second kappa shape index (κ2) is 4.88. The molecule has 0 aromatic heterocycles. The number of hydrogen-bond acceptors (Lipinski definition) is 6. The fourth-order valence-electron chi connectivity index (χ4n) is 2.28. The number of benzene rings is 1. The Hall–Kier alpha value is -1.50. The summed E-state index contributed by atoms with van der Waals surface area (Å²) in [4.78, 5) is 0. The van der Waals surface area contributed by atoms with Gasteiger partial charge in [0.25, 0.3) is 0 Å². The molecule has 0 aliphatic carbocycles. The molecule has 19 heavy (non-hydrogen) atoms. The molecule has 2 heterocycles. The van der Waals surface area contributed by atoms with Gasteiger partial charge in [0.2, 0.25) is 6.79 Å². The van der Waals surface area contributed by atoms with E-state index in [9.17, 15) is 10.2 Å². The van der Waals surface area contributed by atoms with E-state index in [1.165, 1.54) is 0 Å². The molecule has 2 aliphatic rings. The fraction of sp³-hybridized carbons (Fsp3) is 0.538. The normalized spacial score (nSPS) is 24.9. The summed E-state index contributed by atoms with van der Waals surface area (Å²) in [6, 6.07) is 3.30. The smallest absolute Gasteiger partial charge is 0.231 e. The molecule has 0 saturated carbocycles. The zero-order chi connectivity index (χ0) is 13.3. The van der Waals surface area contributed by atoms with Crippen LogP contribution in [0.4, 0.5) is 0 Å². The summed E-state index contributed by atoms with van der Waals surface area (Å²) in [6.45, 7) is 2.01. The first-order chi connectivity index (χ1) is 9.16. The lowest BCUT2D eigenvalue weighted by Crippen LogP contribution is -2.40. The summed E-state index contributed by atoms with van der Waals surface area (Å²) in [6.07, 6.45) is 0.632. The Morgan fingerprint density at radius 2 is 2.05 bits per heavy atom. The van der Waals surface area contributed by atoms with Crippen LogP contribution in [0, 0.1) is 0 Å². The summed E-state index contributed by atoms with van der Waals surface area (Å²) in [7, 11) is 0. The van der Waals surface area contributed by atoms with Crippen LogP contribution in [0.25, 0.3) is 0 Å². The maximum Gasteiger partial charge on any atom is 0.231 e. The molecule has 1 fully saturated rings. The summed E-state index contributed by atoms with van der Waals surface area (Å²) >= 11 is 0. The first-order valence-electron chi connectivity index (χ1n) is 6.29. The third-order valence-corrected chi connectivity index (χ3v) is 3.43. The van der Waals surface area contributed by atoms with E-state index in [1.54, 1.807) is 12.1 Å². The van der Waals surface area contributed by atoms with Gasteiger partial charge in [-0.15, -0.1) is 0 Å². The lowest BCUT2D eigenvalue weighted by Gasteiger charge is -2.20. The van der Waals surface area contributed by atoms with Gasteiger partial charge in [0.1, 0.15) is 11.4 Å². The highest BCUT2D eigenvalue weighted by molar-refractivity contribution is 5.51. The minimum atomic E-state index is -0.800. The van der Waals surface area contributed by atoms with Crippen molar-refractivity contribution in [1.82, 2.24) is 5.32 Å². The highest BCUT2D eigenvalue weighted by Crippen LogP contribution is 2.37. The molecule has 1 atom stereocenters. The molecule has 1 unspecified atom stereocenters. The van der Waals surface area contributed by atoms with Crippen molar-refractivity contribution in [2.24, 2.45) is 0 Å². The maximum absolute atomic E-state index is 10.1. The lowest BCUT2D eigenvalue weighted by molar-refractivity contribution is 0.0268. The van der Waals surface area contributed by atoms with Gasteiger partial charge in [0.05, 0.1) is 6.61 Å². The molecule has 2 aliphatic heterocycles. The standard InChI is InChI=1S/C13H17NO5/c15-10-4-12-11(18-8-19-12)3-9(10)5-14-6-13(16)1-2-17-7-13/h3-4,14-16H,1-2,5-8H2. The Morgan fingerprint density at radius 1 is 1.26 bits per heavy atom. The van der Waals surface area contributed by atoms with Crippen LogP contribution in [0.3, 0.4) is 0 Å². The topological polar surface area (TPSA) is 80.2 Å². The van der Waals surface area contributed by atoms with Crippen molar-refractivity contribution in [1.29, 1.82) is 0 Å². The SMILES string of the molecule is Oc1cc2c(cc1CNCC1(O)CCOC1)OCO2. The molecule has 6 nitrogen and oxygen atoms in total. The number of hydrogen-bond donors (Lipinski definition) is 3. The molecule has 6 heteroatoms. The number of nitrogens with one attached hydrogen (secondary N) is 1. The number of aromatic hydroxyl groups is 1. The molecule has 0 amide bonds. The monoisotopic (exact) mass is 267 g/mol. The van der Waals surface area contributed by atoms with Gasteiger partial charge in [-0.2, -0.15) is 0 Å². The number of aliphatic hydroxyl groups is 1. The van der Waals surface area contributed by atoms with Gasteiger partial charge in [-0.25, -0.2) is 0 Å². The van der Waals surface area contributed by atoms with E-state index in [0.717, 1.165) is 0 Å². The molecular formula is C13H17NO5. The first-order valence-corrected chi connectivity index (χ1v) is 6.29. The fourth-order valence-corrected chi connectivity index (χ4v) is 2.28. The highest BCUT2D eigenvalue weighted by Gasteiger charge is 2.31. The van der Waals surface area contributed by atoms with E-state index in [1.807, 2.05) is 0 Å². The third-order valence-electron chi connectivity index (χ3n) is 3.43. The average Bonchev–Trinajstić information content (AvgIpc) is 2.98. The van der Waals surface area contributed by atoms with Crippen molar-refractivity contribution in [3.8, 4) is 17.2 Å². The summed E-state index contributed by atoms with van der Waals surface area (Å²) in [5, 5.41) is 23.1. The molecule has 3 rings (SSSR count). The van der Waals surface area contributed by atoms with Gasteiger partial charge in [0.15, 0.2) is 11.5 Å². The van der Waals surface area contributed by atoms with Crippen molar-refractivity contribution in [3.63, 3.8) is 0 Å². The van der Waals surface area contributed by atoms with Crippen LogP contribution in [-0.2, 0) is 11.3 Å². The molecule has 104 valence electrons. The van der Waals surface area contributed by atoms with E-state index < -0.39 is 5.60 Å². The molecule has 3 N–H and O–H groups in total. The van der Waals surface area contributed by atoms with Crippen LogP contribution in [0.5, 0.6) is 17.2 Å². The van der Waals surface area contributed by atoms with Crippen molar-refractivity contribution in [2.75, 3.05) is 26.6 Å². The quantitative estimate of drug-likeness (QED) is 0.731. The summed E-state index contributed by atoms with van der Waals surface area (Å²) in [5.74, 6) is 1.35. The predicted octanol–water partition coefficient (Wildman–Crippen LogP) is 0.362. The largest absolute Gasteiger partial charge is 0.507 e. The van der Waals surface area contributed by atoms with Crippen molar-refractivity contribution in [3.05, 3.63) is 17.7 Å². The van der Waals surface area contributed by atoms with E-state index in [4.69, 9.17) is 14.2 Å². The lowest BCUT2D eigenvalue weighted by atomic mass is 10.0.